The maximum atomic E-state index is 13.6. The zero-order valence-corrected chi connectivity index (χ0v) is 18.2. The highest BCUT2D eigenvalue weighted by Gasteiger charge is 2.12. The highest BCUT2D eigenvalue weighted by Crippen LogP contribution is 2.19. The van der Waals surface area contributed by atoms with Crippen molar-refractivity contribution >= 4 is 23.2 Å². The van der Waals surface area contributed by atoms with E-state index in [4.69, 9.17) is 4.74 Å². The third kappa shape index (κ3) is 6.62. The molecule has 2 N–H and O–H groups in total. The van der Waals surface area contributed by atoms with Crippen molar-refractivity contribution in [2.24, 2.45) is 0 Å². The zero-order valence-electron chi connectivity index (χ0n) is 17.4. The SMILES string of the molecule is Cc1cc(C)cc(OCc2nc(C(=O)NCCCNC(=O)c3ccccc3F)cs2)c1. The van der Waals surface area contributed by atoms with E-state index in [1.807, 2.05) is 26.0 Å². The molecule has 31 heavy (non-hydrogen) atoms. The molecule has 3 rings (SSSR count). The molecule has 0 unspecified atom stereocenters. The predicted molar refractivity (Wildman–Crippen MR) is 118 cm³/mol. The van der Waals surface area contributed by atoms with Crippen LogP contribution in [0, 0.1) is 19.7 Å². The van der Waals surface area contributed by atoms with Crippen LogP contribution in [0.1, 0.15) is 43.4 Å². The van der Waals surface area contributed by atoms with E-state index < -0.39 is 11.7 Å². The largest absolute Gasteiger partial charge is 0.486 e. The fourth-order valence-electron chi connectivity index (χ4n) is 2.97. The molecule has 0 atom stereocenters. The van der Waals surface area contributed by atoms with Gasteiger partial charge in [-0.2, -0.15) is 0 Å². The van der Waals surface area contributed by atoms with Crippen LogP contribution in [-0.2, 0) is 6.61 Å². The molecule has 0 saturated heterocycles. The Bertz CT molecular complexity index is 1050. The summed E-state index contributed by atoms with van der Waals surface area (Å²) in [4.78, 5) is 28.5. The van der Waals surface area contributed by atoms with Crippen LogP contribution in [0.4, 0.5) is 4.39 Å². The monoisotopic (exact) mass is 441 g/mol. The first-order chi connectivity index (χ1) is 14.9. The smallest absolute Gasteiger partial charge is 0.270 e. The molecule has 0 aliphatic rings. The van der Waals surface area contributed by atoms with E-state index in [2.05, 4.69) is 21.7 Å². The Labute approximate surface area is 184 Å². The summed E-state index contributed by atoms with van der Waals surface area (Å²) in [6.45, 7) is 5.00. The van der Waals surface area contributed by atoms with Crippen LogP contribution in [0.25, 0.3) is 0 Å². The van der Waals surface area contributed by atoms with E-state index >= 15 is 0 Å². The number of benzene rings is 2. The molecule has 0 bridgehead atoms. The van der Waals surface area contributed by atoms with Gasteiger partial charge >= 0.3 is 0 Å². The van der Waals surface area contributed by atoms with E-state index in [0.29, 0.717) is 36.8 Å². The maximum absolute atomic E-state index is 13.6. The molecule has 162 valence electrons. The number of nitrogens with zero attached hydrogens (tertiary/aromatic N) is 1. The number of aromatic nitrogens is 1. The first kappa shape index (κ1) is 22.4. The molecule has 0 radical (unpaired) electrons. The third-order valence-corrected chi connectivity index (χ3v) is 5.21. The lowest BCUT2D eigenvalue weighted by Gasteiger charge is -2.07. The van der Waals surface area contributed by atoms with Crippen LogP contribution in [0.5, 0.6) is 5.75 Å². The van der Waals surface area contributed by atoms with Crippen molar-refractivity contribution in [1.82, 2.24) is 15.6 Å². The van der Waals surface area contributed by atoms with Crippen LogP contribution in [-0.4, -0.2) is 29.9 Å². The molecule has 0 fully saturated rings. The highest BCUT2D eigenvalue weighted by atomic mass is 32.1. The lowest BCUT2D eigenvalue weighted by atomic mass is 10.1. The fraction of sp³-hybridized carbons (Fsp3) is 0.261. The second kappa shape index (κ2) is 10.7. The van der Waals surface area contributed by atoms with E-state index in [-0.39, 0.29) is 11.5 Å². The number of ether oxygens (including phenoxy) is 1. The summed E-state index contributed by atoms with van der Waals surface area (Å²) >= 11 is 1.36. The number of hydrogen-bond acceptors (Lipinski definition) is 5. The van der Waals surface area contributed by atoms with Gasteiger partial charge in [0.1, 0.15) is 28.9 Å². The van der Waals surface area contributed by atoms with Crippen LogP contribution in [0.2, 0.25) is 0 Å². The number of carbonyl (C=O) groups excluding carboxylic acids is 2. The Morgan fingerprint density at radius 3 is 2.42 bits per heavy atom. The van der Waals surface area contributed by atoms with Crippen molar-refractivity contribution in [1.29, 1.82) is 0 Å². The summed E-state index contributed by atoms with van der Waals surface area (Å²) in [5, 5.41) is 7.80. The summed E-state index contributed by atoms with van der Waals surface area (Å²) < 4.78 is 19.3. The topological polar surface area (TPSA) is 80.3 Å². The number of hydrogen-bond donors (Lipinski definition) is 2. The van der Waals surface area contributed by atoms with Crippen LogP contribution in [0.3, 0.4) is 0 Å². The maximum Gasteiger partial charge on any atom is 0.270 e. The zero-order chi connectivity index (χ0) is 22.2. The van der Waals surface area contributed by atoms with Crippen molar-refractivity contribution in [2.75, 3.05) is 13.1 Å². The second-order valence-corrected chi connectivity index (χ2v) is 8.03. The Morgan fingerprint density at radius 1 is 1.03 bits per heavy atom. The quantitative estimate of drug-likeness (QED) is 0.492. The standard InChI is InChI=1S/C23H24FN3O3S/c1-15-10-16(2)12-17(11-15)30-13-21-27-20(14-31-21)23(29)26-9-5-8-25-22(28)18-6-3-4-7-19(18)24/h3-4,6-7,10-12,14H,5,8-9,13H2,1-2H3,(H,25,28)(H,26,29). The number of carbonyl (C=O) groups is 2. The minimum atomic E-state index is -0.561. The summed E-state index contributed by atoms with van der Waals surface area (Å²) in [5.41, 5.74) is 2.59. The first-order valence-corrected chi connectivity index (χ1v) is 10.8. The molecular formula is C23H24FN3O3S. The second-order valence-electron chi connectivity index (χ2n) is 7.08. The summed E-state index contributed by atoms with van der Waals surface area (Å²) in [6.07, 6.45) is 0.513. The fourth-order valence-corrected chi connectivity index (χ4v) is 3.65. The first-order valence-electron chi connectivity index (χ1n) is 9.89. The average Bonchev–Trinajstić information content (AvgIpc) is 3.20. The van der Waals surface area contributed by atoms with Gasteiger partial charge in [-0.3, -0.25) is 9.59 Å². The molecule has 6 nitrogen and oxygen atoms in total. The molecule has 1 heterocycles. The molecule has 3 aromatic rings. The van der Waals surface area contributed by atoms with Gasteiger partial charge in [0.2, 0.25) is 0 Å². The molecule has 2 aromatic carbocycles. The van der Waals surface area contributed by atoms with Gasteiger partial charge < -0.3 is 15.4 Å². The molecule has 0 saturated carbocycles. The van der Waals surface area contributed by atoms with Gasteiger partial charge in [0, 0.05) is 18.5 Å². The van der Waals surface area contributed by atoms with Gasteiger partial charge in [-0.15, -0.1) is 11.3 Å². The van der Waals surface area contributed by atoms with Gasteiger partial charge in [-0.1, -0.05) is 18.2 Å². The van der Waals surface area contributed by atoms with Gasteiger partial charge in [0.25, 0.3) is 11.8 Å². The van der Waals surface area contributed by atoms with Gasteiger partial charge in [-0.05, 0) is 55.7 Å². The predicted octanol–water partition coefficient (Wildman–Crippen LogP) is 4.03. The molecule has 0 spiro atoms. The molecule has 0 aliphatic carbocycles. The van der Waals surface area contributed by atoms with Crippen molar-refractivity contribution in [3.05, 3.63) is 81.1 Å². The lowest BCUT2D eigenvalue weighted by molar-refractivity contribution is 0.0947. The molecule has 2 amide bonds. The average molecular weight is 442 g/mol. The normalized spacial score (nSPS) is 10.5. The molecular weight excluding hydrogens is 417 g/mol. The minimum absolute atomic E-state index is 0.00424. The molecule has 1 aromatic heterocycles. The van der Waals surface area contributed by atoms with Gasteiger partial charge in [0.05, 0.1) is 5.56 Å². The van der Waals surface area contributed by atoms with Crippen LogP contribution in [0.15, 0.2) is 47.8 Å². The van der Waals surface area contributed by atoms with Gasteiger partial charge in [0.15, 0.2) is 0 Å². The van der Waals surface area contributed by atoms with Crippen LogP contribution >= 0.6 is 11.3 Å². The summed E-state index contributed by atoms with van der Waals surface area (Å²) in [6, 6.07) is 11.8. The van der Waals surface area contributed by atoms with Gasteiger partial charge in [-0.25, -0.2) is 9.37 Å². The van der Waals surface area contributed by atoms with Crippen LogP contribution < -0.4 is 15.4 Å². The molecule has 0 aliphatic heterocycles. The number of halogens is 1. The van der Waals surface area contributed by atoms with Crippen molar-refractivity contribution < 1.29 is 18.7 Å². The Balaban J connectivity index is 1.39. The number of thiazole rings is 1. The number of nitrogens with one attached hydrogen (secondary N) is 2. The Kier molecular flexibility index (Phi) is 7.72. The molecule has 8 heteroatoms. The number of rotatable bonds is 9. The number of amides is 2. The van der Waals surface area contributed by atoms with E-state index in [1.165, 1.54) is 29.5 Å². The minimum Gasteiger partial charge on any atom is -0.486 e. The Morgan fingerprint density at radius 2 is 1.71 bits per heavy atom. The van der Waals surface area contributed by atoms with E-state index in [9.17, 15) is 14.0 Å². The summed E-state index contributed by atoms with van der Waals surface area (Å²) in [7, 11) is 0. The van der Waals surface area contributed by atoms with Crippen molar-refractivity contribution in [3.63, 3.8) is 0 Å². The summed E-state index contributed by atoms with van der Waals surface area (Å²) in [5.74, 6) is -0.544. The Hall–Kier alpha value is -3.26. The lowest BCUT2D eigenvalue weighted by Crippen LogP contribution is -2.30. The van der Waals surface area contributed by atoms with E-state index in [0.717, 1.165) is 16.9 Å². The van der Waals surface area contributed by atoms with E-state index in [1.54, 1.807) is 11.4 Å². The van der Waals surface area contributed by atoms with Crippen molar-refractivity contribution in [2.45, 2.75) is 26.9 Å². The highest BCUT2D eigenvalue weighted by molar-refractivity contribution is 7.09. The number of aryl methyl sites for hydroxylation is 2. The third-order valence-electron chi connectivity index (χ3n) is 4.39. The van der Waals surface area contributed by atoms with Crippen molar-refractivity contribution in [3.8, 4) is 5.75 Å².